The van der Waals surface area contributed by atoms with E-state index in [1.807, 2.05) is 6.07 Å². The molecule has 1 aliphatic rings. The van der Waals surface area contributed by atoms with Crippen molar-refractivity contribution in [1.29, 1.82) is 0 Å². The molecule has 0 spiro atoms. The summed E-state index contributed by atoms with van der Waals surface area (Å²) in [6, 6.07) is 6.28. The number of anilines is 1. The van der Waals surface area contributed by atoms with Crippen molar-refractivity contribution in [3.8, 4) is 0 Å². The van der Waals surface area contributed by atoms with Crippen LogP contribution in [0.3, 0.4) is 0 Å². The van der Waals surface area contributed by atoms with Crippen LogP contribution in [0.5, 0.6) is 0 Å². The number of hydrogen-bond acceptors (Lipinski definition) is 3. The van der Waals surface area contributed by atoms with Crippen LogP contribution in [0.25, 0.3) is 0 Å². The van der Waals surface area contributed by atoms with Crippen LogP contribution >= 0.6 is 11.6 Å². The summed E-state index contributed by atoms with van der Waals surface area (Å²) in [7, 11) is 5.63. The lowest BCUT2D eigenvalue weighted by molar-refractivity contribution is 0.0828. The van der Waals surface area contributed by atoms with Gasteiger partial charge in [0.15, 0.2) is 0 Å². The molecule has 1 fully saturated rings. The molecule has 2 rings (SSSR count). The zero-order valence-electron chi connectivity index (χ0n) is 12.5. The predicted octanol–water partition coefficient (Wildman–Crippen LogP) is 2.55. The topological polar surface area (TPSA) is 35.6 Å². The van der Waals surface area contributed by atoms with Crippen LogP contribution in [-0.4, -0.2) is 55.5 Å². The molecule has 4 nitrogen and oxygen atoms in total. The molecule has 5 heteroatoms. The van der Waals surface area contributed by atoms with Crippen LogP contribution in [0, 0.1) is 0 Å². The first-order valence-electron chi connectivity index (χ1n) is 6.86. The summed E-state index contributed by atoms with van der Waals surface area (Å²) in [5, 5.41) is 4.11. The van der Waals surface area contributed by atoms with Gasteiger partial charge in [0.05, 0.1) is 5.56 Å². The summed E-state index contributed by atoms with van der Waals surface area (Å²) in [5.74, 6) is -0.0106. The highest BCUT2D eigenvalue weighted by Gasteiger charge is 2.27. The molecule has 0 radical (unpaired) electrons. The maximum atomic E-state index is 12.2. The lowest BCUT2D eigenvalue weighted by Crippen LogP contribution is -2.27. The number of likely N-dealkylation sites (N-methyl/N-ethyl adjacent to an activating group) is 1. The smallest absolute Gasteiger partial charge is 0.255 e. The molecule has 0 saturated carbocycles. The van der Waals surface area contributed by atoms with E-state index >= 15 is 0 Å². The van der Waals surface area contributed by atoms with E-state index in [4.69, 9.17) is 11.6 Å². The number of rotatable bonds is 3. The SMILES string of the molecule is CC1CC(Nc2cc(Cl)ccc2C(=O)N(C)C)CN1C. The average molecular weight is 296 g/mol. The van der Waals surface area contributed by atoms with Crippen molar-refractivity contribution in [1.82, 2.24) is 9.80 Å². The van der Waals surface area contributed by atoms with Gasteiger partial charge in [-0.2, -0.15) is 0 Å². The van der Waals surface area contributed by atoms with Gasteiger partial charge in [-0.25, -0.2) is 0 Å². The molecule has 2 atom stereocenters. The van der Waals surface area contributed by atoms with E-state index in [9.17, 15) is 4.79 Å². The van der Waals surface area contributed by atoms with Crippen LogP contribution < -0.4 is 5.32 Å². The first-order chi connectivity index (χ1) is 9.38. The molecule has 1 saturated heterocycles. The highest BCUT2D eigenvalue weighted by Crippen LogP contribution is 2.26. The fourth-order valence-corrected chi connectivity index (χ4v) is 2.75. The highest BCUT2D eigenvalue weighted by molar-refractivity contribution is 6.31. The molecule has 1 aliphatic heterocycles. The van der Waals surface area contributed by atoms with Crippen molar-refractivity contribution < 1.29 is 4.79 Å². The van der Waals surface area contributed by atoms with Crippen LogP contribution in [0.1, 0.15) is 23.7 Å². The molecule has 110 valence electrons. The Labute approximate surface area is 125 Å². The second-order valence-corrected chi connectivity index (χ2v) is 6.19. The molecule has 1 amide bonds. The second-order valence-electron chi connectivity index (χ2n) is 5.76. The second kappa shape index (κ2) is 6.02. The van der Waals surface area contributed by atoms with Crippen molar-refractivity contribution >= 4 is 23.2 Å². The van der Waals surface area contributed by atoms with Gasteiger partial charge in [-0.15, -0.1) is 0 Å². The van der Waals surface area contributed by atoms with Crippen LogP contribution in [0.2, 0.25) is 5.02 Å². The maximum Gasteiger partial charge on any atom is 0.255 e. The third kappa shape index (κ3) is 3.25. The summed E-state index contributed by atoms with van der Waals surface area (Å²) in [4.78, 5) is 16.1. The van der Waals surface area contributed by atoms with Gasteiger partial charge in [0.25, 0.3) is 5.91 Å². The quantitative estimate of drug-likeness (QED) is 0.931. The molecule has 0 bridgehead atoms. The first-order valence-corrected chi connectivity index (χ1v) is 7.24. The van der Waals surface area contributed by atoms with Crippen molar-refractivity contribution in [3.05, 3.63) is 28.8 Å². The Morgan fingerprint density at radius 3 is 2.70 bits per heavy atom. The Kier molecular flexibility index (Phi) is 4.55. The standard InChI is InChI=1S/C15H22ClN3O/c1-10-7-12(9-19(10)4)17-14-8-11(16)5-6-13(14)15(20)18(2)3/h5-6,8,10,12,17H,7,9H2,1-4H3. The van der Waals surface area contributed by atoms with Crippen LogP contribution in [0.4, 0.5) is 5.69 Å². The number of nitrogens with one attached hydrogen (secondary N) is 1. The van der Waals surface area contributed by atoms with Crippen molar-refractivity contribution in [3.63, 3.8) is 0 Å². The van der Waals surface area contributed by atoms with Gasteiger partial charge in [0.1, 0.15) is 0 Å². The van der Waals surface area contributed by atoms with Crippen molar-refractivity contribution in [2.24, 2.45) is 0 Å². The van der Waals surface area contributed by atoms with E-state index in [1.54, 1.807) is 31.1 Å². The highest BCUT2D eigenvalue weighted by atomic mass is 35.5. The lowest BCUT2D eigenvalue weighted by atomic mass is 10.1. The van der Waals surface area contributed by atoms with E-state index in [1.165, 1.54) is 0 Å². The van der Waals surface area contributed by atoms with Crippen LogP contribution in [-0.2, 0) is 0 Å². The fourth-order valence-electron chi connectivity index (χ4n) is 2.58. The summed E-state index contributed by atoms with van der Waals surface area (Å²) in [6.07, 6.45) is 1.07. The Hall–Kier alpha value is -1.26. The summed E-state index contributed by atoms with van der Waals surface area (Å²) in [6.45, 7) is 3.19. The third-order valence-corrected chi connectivity index (χ3v) is 4.10. The van der Waals surface area contributed by atoms with Gasteiger partial charge in [-0.05, 0) is 38.6 Å². The number of amides is 1. The van der Waals surface area contributed by atoms with Gasteiger partial charge >= 0.3 is 0 Å². The number of hydrogen-bond donors (Lipinski definition) is 1. The van der Waals surface area contributed by atoms with Gasteiger partial charge < -0.3 is 15.1 Å². The molecule has 2 unspecified atom stereocenters. The molecule has 1 N–H and O–H groups in total. The number of halogens is 1. The van der Waals surface area contributed by atoms with Crippen molar-refractivity contribution in [2.75, 3.05) is 33.0 Å². The molecular weight excluding hydrogens is 274 g/mol. The Morgan fingerprint density at radius 1 is 1.45 bits per heavy atom. The van der Waals surface area contributed by atoms with E-state index in [0.717, 1.165) is 18.7 Å². The van der Waals surface area contributed by atoms with Gasteiger partial charge in [-0.3, -0.25) is 4.79 Å². The molecule has 1 aromatic rings. The minimum absolute atomic E-state index is 0.0106. The van der Waals surface area contributed by atoms with E-state index in [-0.39, 0.29) is 5.91 Å². The van der Waals surface area contributed by atoms with E-state index in [2.05, 4.69) is 24.2 Å². The Morgan fingerprint density at radius 2 is 2.15 bits per heavy atom. The predicted molar refractivity (Wildman–Crippen MR) is 83.6 cm³/mol. The minimum atomic E-state index is -0.0106. The minimum Gasteiger partial charge on any atom is -0.380 e. The Bertz CT molecular complexity index is 494. The fraction of sp³-hybridized carbons (Fsp3) is 0.533. The first kappa shape index (κ1) is 15.1. The zero-order valence-corrected chi connectivity index (χ0v) is 13.2. The maximum absolute atomic E-state index is 12.2. The summed E-state index contributed by atoms with van der Waals surface area (Å²) >= 11 is 6.07. The molecular formula is C15H22ClN3O. The summed E-state index contributed by atoms with van der Waals surface area (Å²) in [5.41, 5.74) is 1.49. The van der Waals surface area contributed by atoms with E-state index < -0.39 is 0 Å². The monoisotopic (exact) mass is 295 g/mol. The summed E-state index contributed by atoms with van der Waals surface area (Å²) < 4.78 is 0. The van der Waals surface area contributed by atoms with E-state index in [0.29, 0.717) is 22.7 Å². The zero-order chi connectivity index (χ0) is 14.9. The molecule has 0 aliphatic carbocycles. The lowest BCUT2D eigenvalue weighted by Gasteiger charge is -2.19. The van der Waals surface area contributed by atoms with Gasteiger partial charge in [-0.1, -0.05) is 11.6 Å². The number of benzene rings is 1. The number of nitrogens with zero attached hydrogens (tertiary/aromatic N) is 2. The Balaban J connectivity index is 2.22. The molecule has 1 aromatic carbocycles. The normalized spacial score (nSPS) is 22.9. The van der Waals surface area contributed by atoms with Crippen molar-refractivity contribution in [2.45, 2.75) is 25.4 Å². The van der Waals surface area contributed by atoms with Crippen LogP contribution in [0.15, 0.2) is 18.2 Å². The average Bonchev–Trinajstić information content (AvgIpc) is 2.67. The number of carbonyl (C=O) groups excluding carboxylic acids is 1. The number of carbonyl (C=O) groups is 1. The largest absolute Gasteiger partial charge is 0.380 e. The van der Waals surface area contributed by atoms with Gasteiger partial charge in [0.2, 0.25) is 0 Å². The third-order valence-electron chi connectivity index (χ3n) is 3.86. The molecule has 1 heterocycles. The molecule has 0 aromatic heterocycles. The molecule has 20 heavy (non-hydrogen) atoms. The van der Waals surface area contributed by atoms with Gasteiger partial charge in [0, 0.05) is 43.4 Å². The number of likely N-dealkylation sites (tertiary alicyclic amines) is 1.